The van der Waals surface area contributed by atoms with Gasteiger partial charge in [0.25, 0.3) is 5.95 Å². The molecule has 0 unspecified atom stereocenters. The Hall–Kier alpha value is -5.58. The molecule has 0 aliphatic rings. The van der Waals surface area contributed by atoms with Crippen molar-refractivity contribution in [2.45, 2.75) is 57.8 Å². The minimum Gasteiger partial charge on any atom is -0.495 e. The highest BCUT2D eigenvalue weighted by atomic mass is 35.5. The molecule has 0 radical (unpaired) electrons. The number of rotatable bonds is 11. The van der Waals surface area contributed by atoms with Crippen LogP contribution in [-0.2, 0) is 28.9 Å². The number of anilines is 3. The number of amides is 2. The molecule has 17 heteroatoms. The highest BCUT2D eigenvalue weighted by Gasteiger charge is 2.33. The molecule has 2 heterocycles. The van der Waals surface area contributed by atoms with Gasteiger partial charge in [0.1, 0.15) is 17.6 Å². The number of nitrogens with two attached hydrogens (primary N) is 1. The molecule has 3 atom stereocenters. The van der Waals surface area contributed by atoms with Gasteiger partial charge in [0, 0.05) is 36.7 Å². The minimum atomic E-state index is -3.64. The molecule has 292 valence electrons. The number of pyridine rings is 1. The number of nitrogens with zero attached hydrogens (tertiary/aromatic N) is 4. The van der Waals surface area contributed by atoms with Crippen LogP contribution in [0.2, 0.25) is 0 Å². The van der Waals surface area contributed by atoms with Gasteiger partial charge in [-0.25, -0.2) is 27.0 Å². The fraction of sp³-hybridized carbons (Fsp3) is 0.289. The van der Waals surface area contributed by atoms with Gasteiger partial charge < -0.3 is 25.3 Å². The first kappa shape index (κ1) is 42.2. The molecule has 0 fully saturated rings. The predicted octanol–water partition coefficient (Wildman–Crippen LogP) is 6.65. The molecule has 3 aromatic carbocycles. The molecule has 0 saturated heterocycles. The zero-order chi connectivity index (χ0) is 39.5. The number of esters is 1. The first-order valence-electron chi connectivity index (χ1n) is 16.7. The Balaban J connectivity index is 0.00000673. The van der Waals surface area contributed by atoms with Crippen molar-refractivity contribution in [2.75, 3.05) is 23.6 Å². The van der Waals surface area contributed by atoms with E-state index in [2.05, 4.69) is 15.4 Å². The Labute approximate surface area is 324 Å². The number of carbonyl (C=O) groups excluding carboxylic acids is 3. The van der Waals surface area contributed by atoms with Gasteiger partial charge in [0.2, 0.25) is 12.2 Å². The van der Waals surface area contributed by atoms with Crippen LogP contribution in [0.5, 0.6) is 5.75 Å². The van der Waals surface area contributed by atoms with Crippen LogP contribution in [0.1, 0.15) is 46.1 Å². The lowest BCUT2D eigenvalue weighted by atomic mass is 9.87. The number of halogens is 2. The zero-order valence-electron chi connectivity index (χ0n) is 31.1. The number of carbonyl (C=O) groups is 3. The van der Waals surface area contributed by atoms with E-state index in [4.69, 9.17) is 19.9 Å². The van der Waals surface area contributed by atoms with Crippen LogP contribution in [0.15, 0.2) is 90.0 Å². The SMILES string of the molecule is COc1cc(S(C)(=O)=O)ccc1N(C(=O)O[C@@H](C)OC(=O)[C@@H](N)C(C)(C)C)c1nc2ccc(-c3ccc(NC(=O)[C@H](C)c4ccc(F)cc4)cc3)cn2n1.Cl. The third kappa shape index (κ3) is 9.95. The summed E-state index contributed by atoms with van der Waals surface area (Å²) in [7, 11) is -2.34. The molecule has 0 aliphatic carbocycles. The van der Waals surface area contributed by atoms with E-state index in [1.54, 1.807) is 70.3 Å². The molecule has 14 nitrogen and oxygen atoms in total. The summed E-state index contributed by atoms with van der Waals surface area (Å²) in [5.41, 5.74) is 8.52. The maximum absolute atomic E-state index is 13.8. The average molecular weight is 797 g/mol. The van der Waals surface area contributed by atoms with Gasteiger partial charge in [-0.2, -0.15) is 4.98 Å². The first-order chi connectivity index (χ1) is 25.3. The van der Waals surface area contributed by atoms with Crippen LogP contribution in [0.3, 0.4) is 0 Å². The molecule has 5 aromatic rings. The molecule has 0 bridgehead atoms. The van der Waals surface area contributed by atoms with E-state index in [9.17, 15) is 27.2 Å². The van der Waals surface area contributed by atoms with E-state index < -0.39 is 45.6 Å². The predicted molar refractivity (Wildman–Crippen MR) is 207 cm³/mol. The molecule has 2 aromatic heterocycles. The molecule has 0 aliphatic heterocycles. The Bertz CT molecular complexity index is 2300. The van der Waals surface area contributed by atoms with Crippen LogP contribution in [0, 0.1) is 11.2 Å². The normalized spacial score (nSPS) is 13.2. The van der Waals surface area contributed by atoms with Crippen molar-refractivity contribution < 1.29 is 41.4 Å². The summed E-state index contributed by atoms with van der Waals surface area (Å²) in [5, 5.41) is 7.41. The highest BCUT2D eigenvalue weighted by Crippen LogP contribution is 2.36. The second kappa shape index (κ2) is 16.8. The summed E-state index contributed by atoms with van der Waals surface area (Å²) in [4.78, 5) is 44.8. The van der Waals surface area contributed by atoms with Crippen molar-refractivity contribution in [1.29, 1.82) is 0 Å². The second-order valence-corrected chi connectivity index (χ2v) is 15.7. The summed E-state index contributed by atoms with van der Waals surface area (Å²) >= 11 is 0. The smallest absolute Gasteiger partial charge is 0.424 e. The molecule has 0 spiro atoms. The lowest BCUT2D eigenvalue weighted by molar-refractivity contribution is -0.168. The number of aromatic nitrogens is 3. The third-order valence-corrected chi connectivity index (χ3v) is 9.62. The van der Waals surface area contributed by atoms with Crippen LogP contribution in [0.4, 0.5) is 26.5 Å². The van der Waals surface area contributed by atoms with Crippen molar-refractivity contribution in [3.05, 3.63) is 96.4 Å². The Kier molecular flexibility index (Phi) is 12.9. The number of methoxy groups -OCH3 is 1. The summed E-state index contributed by atoms with van der Waals surface area (Å²) in [6.07, 6.45) is 0.270. The summed E-state index contributed by atoms with van der Waals surface area (Å²) in [6.45, 7) is 8.37. The van der Waals surface area contributed by atoms with Crippen molar-refractivity contribution in [3.8, 4) is 16.9 Å². The highest BCUT2D eigenvalue weighted by molar-refractivity contribution is 7.90. The summed E-state index contributed by atoms with van der Waals surface area (Å²) in [5.74, 6) is -2.09. The number of sulfone groups is 1. The van der Waals surface area contributed by atoms with E-state index in [-0.39, 0.29) is 46.4 Å². The largest absolute Gasteiger partial charge is 0.495 e. The molecule has 0 saturated carbocycles. The molecule has 5 rings (SSSR count). The van der Waals surface area contributed by atoms with Gasteiger partial charge in [0.15, 0.2) is 15.5 Å². The zero-order valence-corrected chi connectivity index (χ0v) is 32.8. The molecule has 2 amide bonds. The lowest BCUT2D eigenvalue weighted by Crippen LogP contribution is -2.45. The van der Waals surface area contributed by atoms with Crippen molar-refractivity contribution in [1.82, 2.24) is 14.6 Å². The van der Waals surface area contributed by atoms with Crippen LogP contribution in [0.25, 0.3) is 16.8 Å². The standard InChI is InChI=1S/C38H41FN6O8S.ClH/c1-22(24-8-13-27(39)14-9-24)34(46)41-28-15-10-25(11-16-28)26-12-19-32-42-36(43-44(32)21-26)45(30-18-17-29(54(7,49)50)20-31(30)51-6)37(48)53-23(2)52-35(47)33(40)38(3,4)5;/h8-23,33H,40H2,1-7H3,(H,41,46);1H/t22-,23+,33-;/m1./s1. The van der Waals surface area contributed by atoms with Crippen LogP contribution in [-0.4, -0.2) is 66.7 Å². The molecule has 55 heavy (non-hydrogen) atoms. The lowest BCUT2D eigenvalue weighted by Gasteiger charge is -2.27. The number of nitrogens with one attached hydrogen (secondary N) is 1. The van der Waals surface area contributed by atoms with E-state index in [0.717, 1.165) is 22.3 Å². The van der Waals surface area contributed by atoms with Crippen LogP contribution < -0.4 is 20.7 Å². The van der Waals surface area contributed by atoms with Gasteiger partial charge in [0.05, 0.1) is 23.6 Å². The maximum atomic E-state index is 13.8. The summed E-state index contributed by atoms with van der Waals surface area (Å²) < 4.78 is 55.7. The number of hydrogen-bond acceptors (Lipinski definition) is 11. The fourth-order valence-corrected chi connectivity index (χ4v) is 5.84. The third-order valence-electron chi connectivity index (χ3n) is 8.51. The topological polar surface area (TPSA) is 185 Å². The minimum absolute atomic E-state index is 0. The monoisotopic (exact) mass is 796 g/mol. The van der Waals surface area contributed by atoms with Gasteiger partial charge in [-0.1, -0.05) is 45.0 Å². The number of fused-ring (bicyclic) bond motifs is 1. The molecule has 3 N–H and O–H groups in total. The van der Waals surface area contributed by atoms with E-state index in [1.165, 1.54) is 48.9 Å². The van der Waals surface area contributed by atoms with E-state index >= 15 is 0 Å². The van der Waals surface area contributed by atoms with Gasteiger partial charge in [-0.05, 0) is 72.0 Å². The Morgan fingerprint density at radius 3 is 2.16 bits per heavy atom. The quantitative estimate of drug-likeness (QED) is 0.108. The first-order valence-corrected chi connectivity index (χ1v) is 18.6. The number of benzene rings is 3. The fourth-order valence-electron chi connectivity index (χ4n) is 5.21. The average Bonchev–Trinajstić information content (AvgIpc) is 3.53. The van der Waals surface area contributed by atoms with Crippen molar-refractivity contribution >= 4 is 63.2 Å². The molecular weight excluding hydrogens is 755 g/mol. The molecular formula is C38H42ClFN6O8S. The number of ether oxygens (including phenoxy) is 3. The van der Waals surface area contributed by atoms with Crippen molar-refractivity contribution in [2.24, 2.45) is 11.1 Å². The van der Waals surface area contributed by atoms with Crippen molar-refractivity contribution in [3.63, 3.8) is 0 Å². The van der Waals surface area contributed by atoms with Crippen LogP contribution >= 0.6 is 12.4 Å². The van der Waals surface area contributed by atoms with Gasteiger partial charge >= 0.3 is 12.1 Å². The van der Waals surface area contributed by atoms with Gasteiger partial charge in [-0.3, -0.25) is 9.59 Å². The maximum Gasteiger partial charge on any atom is 0.424 e. The van der Waals surface area contributed by atoms with E-state index in [0.29, 0.717) is 16.9 Å². The second-order valence-electron chi connectivity index (χ2n) is 13.6. The Morgan fingerprint density at radius 2 is 1.56 bits per heavy atom. The Morgan fingerprint density at radius 1 is 0.927 bits per heavy atom. The van der Waals surface area contributed by atoms with E-state index in [1.807, 2.05) is 12.1 Å². The summed E-state index contributed by atoms with van der Waals surface area (Å²) in [6, 6.07) is 19.2. The number of hydrogen-bond donors (Lipinski definition) is 2. The van der Waals surface area contributed by atoms with Gasteiger partial charge in [-0.15, -0.1) is 17.5 Å².